The third kappa shape index (κ3) is 3.99. The Morgan fingerprint density at radius 1 is 1.33 bits per heavy atom. The van der Waals surface area contributed by atoms with E-state index in [0.29, 0.717) is 13.0 Å². The molecule has 4 amide bonds. The highest BCUT2D eigenvalue weighted by Crippen LogP contribution is 2.33. The Bertz CT molecular complexity index is 534. The zero-order valence-electron chi connectivity index (χ0n) is 13.8. The van der Waals surface area contributed by atoms with E-state index < -0.39 is 23.7 Å². The van der Waals surface area contributed by atoms with E-state index >= 15 is 0 Å². The van der Waals surface area contributed by atoms with Crippen LogP contribution in [0.1, 0.15) is 39.5 Å². The van der Waals surface area contributed by atoms with Crippen LogP contribution in [0.3, 0.4) is 0 Å². The number of nitrogens with one attached hydrogen (secondary N) is 1. The van der Waals surface area contributed by atoms with Gasteiger partial charge in [-0.15, -0.1) is 0 Å². The van der Waals surface area contributed by atoms with Crippen molar-refractivity contribution < 1.29 is 27.6 Å². The number of likely N-dealkylation sites (tertiary alicyclic amines) is 1. The first kappa shape index (κ1) is 18.5. The van der Waals surface area contributed by atoms with E-state index in [2.05, 4.69) is 5.32 Å². The minimum atomic E-state index is -4.29. The van der Waals surface area contributed by atoms with E-state index in [0.717, 1.165) is 4.90 Å². The number of rotatable bonds is 4. The van der Waals surface area contributed by atoms with Crippen molar-refractivity contribution in [3.05, 3.63) is 0 Å². The van der Waals surface area contributed by atoms with Gasteiger partial charge in [0.15, 0.2) is 0 Å². The van der Waals surface area contributed by atoms with Crippen LogP contribution in [-0.4, -0.2) is 59.0 Å². The maximum absolute atomic E-state index is 12.8. The van der Waals surface area contributed by atoms with Crippen LogP contribution in [0, 0.1) is 5.92 Å². The predicted molar refractivity (Wildman–Crippen MR) is 78.9 cm³/mol. The fourth-order valence-corrected chi connectivity index (χ4v) is 3.04. The zero-order valence-corrected chi connectivity index (χ0v) is 13.8. The molecule has 1 unspecified atom stereocenters. The van der Waals surface area contributed by atoms with Crippen molar-refractivity contribution in [2.75, 3.05) is 19.6 Å². The third-order valence-corrected chi connectivity index (χ3v) is 4.45. The molecule has 0 aromatic rings. The number of urea groups is 1. The lowest BCUT2D eigenvalue weighted by Crippen LogP contribution is -2.44. The molecule has 1 N–H and O–H groups in total. The summed E-state index contributed by atoms with van der Waals surface area (Å²) in [7, 11) is 0. The van der Waals surface area contributed by atoms with Crippen molar-refractivity contribution in [1.29, 1.82) is 0 Å². The first-order chi connectivity index (χ1) is 11.0. The minimum Gasteiger partial charge on any atom is -0.342 e. The monoisotopic (exact) mass is 349 g/mol. The molecule has 2 aliphatic heterocycles. The quantitative estimate of drug-likeness (QED) is 0.788. The molecule has 24 heavy (non-hydrogen) atoms. The Balaban J connectivity index is 1.81. The molecule has 0 spiro atoms. The largest absolute Gasteiger partial charge is 0.393 e. The number of carbonyl (C=O) groups is 3. The maximum Gasteiger partial charge on any atom is 0.393 e. The smallest absolute Gasteiger partial charge is 0.342 e. The average Bonchev–Trinajstić information content (AvgIpc) is 2.68. The summed E-state index contributed by atoms with van der Waals surface area (Å²) in [6.07, 6.45) is -3.66. The molecule has 6 nitrogen and oxygen atoms in total. The summed E-state index contributed by atoms with van der Waals surface area (Å²) in [5, 5.41) is 2.53. The van der Waals surface area contributed by atoms with Crippen LogP contribution in [-0.2, 0) is 9.59 Å². The number of amides is 4. The summed E-state index contributed by atoms with van der Waals surface area (Å²) in [5.41, 5.74) is -0.964. The molecule has 1 atom stereocenters. The molecule has 0 saturated carbocycles. The Morgan fingerprint density at radius 2 is 2.00 bits per heavy atom. The first-order valence-corrected chi connectivity index (χ1v) is 8.01. The van der Waals surface area contributed by atoms with Crippen LogP contribution in [0.25, 0.3) is 0 Å². The van der Waals surface area contributed by atoms with Gasteiger partial charge in [0.1, 0.15) is 5.54 Å². The molecule has 2 saturated heterocycles. The Kier molecular flexibility index (Phi) is 5.10. The normalized spacial score (nSPS) is 24.3. The van der Waals surface area contributed by atoms with E-state index in [1.807, 2.05) is 0 Å². The van der Waals surface area contributed by atoms with Gasteiger partial charge in [-0.3, -0.25) is 14.5 Å². The molecule has 2 heterocycles. The molecule has 0 aromatic carbocycles. The number of hydrogen-bond donors (Lipinski definition) is 1. The average molecular weight is 349 g/mol. The first-order valence-electron chi connectivity index (χ1n) is 8.01. The molecular formula is C15H22F3N3O3. The molecule has 0 bridgehead atoms. The predicted octanol–water partition coefficient (Wildman–Crippen LogP) is 1.90. The van der Waals surface area contributed by atoms with Gasteiger partial charge in [0, 0.05) is 26.1 Å². The van der Waals surface area contributed by atoms with Crippen molar-refractivity contribution in [2.45, 2.75) is 51.2 Å². The number of hydrogen-bond acceptors (Lipinski definition) is 3. The molecule has 0 aliphatic carbocycles. The number of nitrogens with zero attached hydrogens (tertiary/aromatic N) is 2. The summed E-state index contributed by atoms with van der Waals surface area (Å²) < 4.78 is 38.3. The number of imide groups is 1. The van der Waals surface area contributed by atoms with E-state index in [-0.39, 0.29) is 44.2 Å². The third-order valence-electron chi connectivity index (χ3n) is 4.45. The highest BCUT2D eigenvalue weighted by Gasteiger charge is 2.44. The SMILES string of the molecule is CC1(C)NC(=O)N(CCCC(=O)N2CCCC(C(F)(F)F)C2)C1=O. The van der Waals surface area contributed by atoms with Gasteiger partial charge in [-0.2, -0.15) is 13.2 Å². The number of alkyl halides is 3. The Morgan fingerprint density at radius 3 is 2.54 bits per heavy atom. The summed E-state index contributed by atoms with van der Waals surface area (Å²) >= 11 is 0. The van der Waals surface area contributed by atoms with Crippen molar-refractivity contribution in [1.82, 2.24) is 15.1 Å². The van der Waals surface area contributed by atoms with Crippen molar-refractivity contribution in [2.24, 2.45) is 5.92 Å². The van der Waals surface area contributed by atoms with Crippen LogP contribution >= 0.6 is 0 Å². The van der Waals surface area contributed by atoms with Crippen LogP contribution in [0.4, 0.5) is 18.0 Å². The van der Waals surface area contributed by atoms with E-state index in [1.165, 1.54) is 4.90 Å². The van der Waals surface area contributed by atoms with Gasteiger partial charge < -0.3 is 10.2 Å². The minimum absolute atomic E-state index is 0.0159. The second-order valence-electron chi connectivity index (χ2n) is 6.84. The highest BCUT2D eigenvalue weighted by atomic mass is 19.4. The molecule has 0 aromatic heterocycles. The Hall–Kier alpha value is -1.80. The fourth-order valence-electron chi connectivity index (χ4n) is 3.04. The lowest BCUT2D eigenvalue weighted by molar-refractivity contribution is -0.188. The summed E-state index contributed by atoms with van der Waals surface area (Å²) in [6, 6.07) is -0.507. The van der Waals surface area contributed by atoms with Gasteiger partial charge in [0.25, 0.3) is 5.91 Å². The molecule has 9 heteroatoms. The van der Waals surface area contributed by atoms with E-state index in [4.69, 9.17) is 0 Å². The van der Waals surface area contributed by atoms with Gasteiger partial charge in [-0.05, 0) is 33.1 Å². The summed E-state index contributed by atoms with van der Waals surface area (Å²) in [5.74, 6) is -2.20. The second-order valence-corrected chi connectivity index (χ2v) is 6.84. The van der Waals surface area contributed by atoms with Crippen molar-refractivity contribution in [3.63, 3.8) is 0 Å². The molecule has 2 fully saturated rings. The van der Waals surface area contributed by atoms with Crippen LogP contribution < -0.4 is 5.32 Å². The van der Waals surface area contributed by atoms with Crippen LogP contribution in [0.2, 0.25) is 0 Å². The van der Waals surface area contributed by atoms with Gasteiger partial charge in [0.2, 0.25) is 5.91 Å². The molecule has 2 rings (SSSR count). The molecule has 0 radical (unpaired) electrons. The van der Waals surface area contributed by atoms with Gasteiger partial charge in [0.05, 0.1) is 5.92 Å². The summed E-state index contributed by atoms with van der Waals surface area (Å²) in [4.78, 5) is 38.1. The van der Waals surface area contributed by atoms with Gasteiger partial charge >= 0.3 is 12.2 Å². The lowest BCUT2D eigenvalue weighted by atomic mass is 9.97. The van der Waals surface area contributed by atoms with Crippen LogP contribution in [0.15, 0.2) is 0 Å². The highest BCUT2D eigenvalue weighted by molar-refractivity contribution is 6.06. The van der Waals surface area contributed by atoms with Gasteiger partial charge in [-0.25, -0.2) is 4.79 Å². The van der Waals surface area contributed by atoms with E-state index in [1.54, 1.807) is 13.8 Å². The summed E-state index contributed by atoms with van der Waals surface area (Å²) in [6.45, 7) is 3.27. The van der Waals surface area contributed by atoms with Gasteiger partial charge in [-0.1, -0.05) is 0 Å². The fraction of sp³-hybridized carbons (Fsp3) is 0.800. The topological polar surface area (TPSA) is 69.7 Å². The maximum atomic E-state index is 12.8. The number of halogens is 3. The standard InChI is InChI=1S/C15H22F3N3O3/c1-14(2)12(23)21(13(24)19-14)8-4-6-11(22)20-7-3-5-10(9-20)15(16,17)18/h10H,3-9H2,1-2H3,(H,19,24). The molecule has 136 valence electrons. The second kappa shape index (κ2) is 6.60. The zero-order chi connectivity index (χ0) is 18.1. The van der Waals surface area contributed by atoms with Crippen LogP contribution in [0.5, 0.6) is 0 Å². The van der Waals surface area contributed by atoms with E-state index in [9.17, 15) is 27.6 Å². The number of piperidine rings is 1. The molecular weight excluding hydrogens is 327 g/mol. The van der Waals surface area contributed by atoms with Crippen molar-refractivity contribution in [3.8, 4) is 0 Å². The Labute approximate surface area is 138 Å². The van der Waals surface area contributed by atoms with Crippen molar-refractivity contribution >= 4 is 17.8 Å². The molecule has 2 aliphatic rings. The lowest BCUT2D eigenvalue weighted by Gasteiger charge is -2.33. The number of carbonyl (C=O) groups excluding carboxylic acids is 3.